The molecule has 1 aliphatic rings. The SMILES string of the molecule is CN1CCC(C#N)(NC(=O)CCc2ccco2)CC1. The van der Waals surface area contributed by atoms with Crippen LogP contribution in [0, 0.1) is 11.3 Å². The number of piperidine rings is 1. The molecule has 0 spiro atoms. The number of carbonyl (C=O) groups excluding carboxylic acids is 1. The van der Waals surface area contributed by atoms with Crippen molar-refractivity contribution in [1.29, 1.82) is 5.26 Å². The number of amides is 1. The molecule has 0 unspecified atom stereocenters. The van der Waals surface area contributed by atoms with Crippen LogP contribution in [0.1, 0.15) is 25.0 Å². The second-order valence-electron chi connectivity index (χ2n) is 5.12. The Balaban J connectivity index is 1.85. The summed E-state index contributed by atoms with van der Waals surface area (Å²) < 4.78 is 5.19. The van der Waals surface area contributed by atoms with Crippen molar-refractivity contribution >= 4 is 5.91 Å². The number of hydrogen-bond donors (Lipinski definition) is 1. The molecule has 0 radical (unpaired) electrons. The number of rotatable bonds is 4. The van der Waals surface area contributed by atoms with Crippen molar-refractivity contribution in [3.8, 4) is 6.07 Å². The predicted octanol–water partition coefficient (Wildman–Crippen LogP) is 1.32. The fraction of sp³-hybridized carbons (Fsp3) is 0.571. The highest BCUT2D eigenvalue weighted by atomic mass is 16.3. The fourth-order valence-electron chi connectivity index (χ4n) is 2.29. The number of hydrogen-bond acceptors (Lipinski definition) is 4. The van der Waals surface area contributed by atoms with Crippen LogP contribution in [0.25, 0.3) is 0 Å². The molecule has 19 heavy (non-hydrogen) atoms. The van der Waals surface area contributed by atoms with E-state index < -0.39 is 5.54 Å². The van der Waals surface area contributed by atoms with E-state index in [2.05, 4.69) is 16.3 Å². The molecule has 1 saturated heterocycles. The van der Waals surface area contributed by atoms with Crippen molar-refractivity contribution in [2.24, 2.45) is 0 Å². The first-order valence-corrected chi connectivity index (χ1v) is 6.57. The maximum Gasteiger partial charge on any atom is 0.221 e. The Morgan fingerprint density at radius 1 is 1.58 bits per heavy atom. The molecule has 1 aromatic heterocycles. The van der Waals surface area contributed by atoms with Gasteiger partial charge in [-0.1, -0.05) is 0 Å². The lowest BCUT2D eigenvalue weighted by molar-refractivity contribution is -0.122. The lowest BCUT2D eigenvalue weighted by atomic mass is 9.89. The molecule has 0 aliphatic carbocycles. The van der Waals surface area contributed by atoms with Gasteiger partial charge in [-0.05, 0) is 32.0 Å². The molecule has 2 rings (SSSR count). The van der Waals surface area contributed by atoms with E-state index in [1.54, 1.807) is 12.3 Å². The summed E-state index contributed by atoms with van der Waals surface area (Å²) in [6, 6.07) is 5.94. The van der Waals surface area contributed by atoms with Gasteiger partial charge in [-0.2, -0.15) is 5.26 Å². The summed E-state index contributed by atoms with van der Waals surface area (Å²) in [4.78, 5) is 14.1. The lowest BCUT2D eigenvalue weighted by Crippen LogP contribution is -2.53. The van der Waals surface area contributed by atoms with Crippen molar-refractivity contribution in [1.82, 2.24) is 10.2 Å². The number of nitrogens with zero attached hydrogens (tertiary/aromatic N) is 2. The van der Waals surface area contributed by atoms with Crippen LogP contribution in [0.2, 0.25) is 0 Å². The smallest absolute Gasteiger partial charge is 0.221 e. The average molecular weight is 261 g/mol. The summed E-state index contributed by atoms with van der Waals surface area (Å²) in [5.41, 5.74) is -0.688. The van der Waals surface area contributed by atoms with Crippen molar-refractivity contribution in [2.75, 3.05) is 20.1 Å². The Hall–Kier alpha value is -1.80. The summed E-state index contributed by atoms with van der Waals surface area (Å²) in [5.74, 6) is 0.715. The van der Waals surface area contributed by atoms with Gasteiger partial charge in [0.15, 0.2) is 0 Å². The van der Waals surface area contributed by atoms with E-state index >= 15 is 0 Å². The standard InChI is InChI=1S/C14H19N3O2/c1-17-8-6-14(11-15,7-9-17)16-13(18)5-4-12-3-2-10-19-12/h2-3,10H,4-9H2,1H3,(H,16,18). The molecule has 5 nitrogen and oxygen atoms in total. The molecule has 0 aromatic carbocycles. The van der Waals surface area contributed by atoms with Crippen molar-refractivity contribution in [3.63, 3.8) is 0 Å². The minimum Gasteiger partial charge on any atom is -0.469 e. The van der Waals surface area contributed by atoms with Gasteiger partial charge in [0.2, 0.25) is 5.91 Å². The summed E-state index contributed by atoms with van der Waals surface area (Å²) in [6.45, 7) is 1.68. The summed E-state index contributed by atoms with van der Waals surface area (Å²) >= 11 is 0. The van der Waals surface area contributed by atoms with Gasteiger partial charge in [-0.25, -0.2) is 0 Å². The summed E-state index contributed by atoms with van der Waals surface area (Å²) in [7, 11) is 2.03. The topological polar surface area (TPSA) is 69.3 Å². The molecule has 1 fully saturated rings. The third kappa shape index (κ3) is 3.58. The Morgan fingerprint density at radius 3 is 2.89 bits per heavy atom. The average Bonchev–Trinajstić information content (AvgIpc) is 2.93. The fourth-order valence-corrected chi connectivity index (χ4v) is 2.29. The maximum absolute atomic E-state index is 11.9. The molecule has 2 heterocycles. The Kier molecular flexibility index (Phi) is 4.23. The van der Waals surface area contributed by atoms with Gasteiger partial charge in [0, 0.05) is 25.9 Å². The highest BCUT2D eigenvalue weighted by Gasteiger charge is 2.35. The molecule has 1 amide bonds. The summed E-state index contributed by atoms with van der Waals surface area (Å²) in [5, 5.41) is 12.2. The third-order valence-corrected chi connectivity index (χ3v) is 3.61. The van der Waals surface area contributed by atoms with E-state index in [9.17, 15) is 10.1 Å². The normalized spacial score (nSPS) is 18.7. The van der Waals surface area contributed by atoms with Crippen LogP contribution in [-0.2, 0) is 11.2 Å². The quantitative estimate of drug-likeness (QED) is 0.887. The zero-order valence-electron chi connectivity index (χ0n) is 11.2. The van der Waals surface area contributed by atoms with Gasteiger partial charge >= 0.3 is 0 Å². The lowest BCUT2D eigenvalue weighted by Gasteiger charge is -2.36. The van der Waals surface area contributed by atoms with Crippen LogP contribution in [0.15, 0.2) is 22.8 Å². The zero-order valence-corrected chi connectivity index (χ0v) is 11.2. The molecule has 102 valence electrons. The van der Waals surface area contributed by atoms with E-state index in [-0.39, 0.29) is 5.91 Å². The van der Waals surface area contributed by atoms with Gasteiger partial charge in [-0.15, -0.1) is 0 Å². The van der Waals surface area contributed by atoms with E-state index in [0.717, 1.165) is 18.8 Å². The van der Waals surface area contributed by atoms with Gasteiger partial charge in [-0.3, -0.25) is 4.79 Å². The largest absolute Gasteiger partial charge is 0.469 e. The van der Waals surface area contributed by atoms with Crippen LogP contribution in [-0.4, -0.2) is 36.5 Å². The van der Waals surface area contributed by atoms with Crippen LogP contribution >= 0.6 is 0 Å². The van der Waals surface area contributed by atoms with Crippen LogP contribution in [0.3, 0.4) is 0 Å². The molecule has 0 saturated carbocycles. The van der Waals surface area contributed by atoms with Gasteiger partial charge < -0.3 is 14.6 Å². The molecule has 1 N–H and O–H groups in total. The molecule has 1 aliphatic heterocycles. The second kappa shape index (κ2) is 5.89. The minimum absolute atomic E-state index is 0.0810. The first kappa shape index (κ1) is 13.6. The van der Waals surface area contributed by atoms with Gasteiger partial charge in [0.25, 0.3) is 0 Å². The van der Waals surface area contributed by atoms with Crippen molar-refractivity contribution in [3.05, 3.63) is 24.2 Å². The Morgan fingerprint density at radius 2 is 2.32 bits per heavy atom. The van der Waals surface area contributed by atoms with E-state index in [1.165, 1.54) is 0 Å². The first-order valence-electron chi connectivity index (χ1n) is 6.57. The van der Waals surface area contributed by atoms with E-state index in [4.69, 9.17) is 4.42 Å². The number of nitriles is 1. The number of aryl methyl sites for hydroxylation is 1. The molecule has 0 atom stereocenters. The number of furan rings is 1. The predicted molar refractivity (Wildman–Crippen MR) is 70.2 cm³/mol. The molecule has 5 heteroatoms. The maximum atomic E-state index is 11.9. The third-order valence-electron chi connectivity index (χ3n) is 3.61. The summed E-state index contributed by atoms with van der Waals surface area (Å²) in [6.07, 6.45) is 3.90. The zero-order chi connectivity index (χ0) is 13.7. The molecular weight excluding hydrogens is 242 g/mol. The molecular formula is C14H19N3O2. The van der Waals surface area contributed by atoms with Crippen LogP contribution < -0.4 is 5.32 Å². The second-order valence-corrected chi connectivity index (χ2v) is 5.12. The number of nitrogens with one attached hydrogen (secondary N) is 1. The van der Waals surface area contributed by atoms with Gasteiger partial charge in [0.1, 0.15) is 11.3 Å². The number of likely N-dealkylation sites (tertiary alicyclic amines) is 1. The molecule has 0 bridgehead atoms. The van der Waals surface area contributed by atoms with E-state index in [0.29, 0.717) is 25.7 Å². The van der Waals surface area contributed by atoms with Crippen LogP contribution in [0.4, 0.5) is 0 Å². The first-order chi connectivity index (χ1) is 9.13. The van der Waals surface area contributed by atoms with Crippen LogP contribution in [0.5, 0.6) is 0 Å². The number of carbonyl (C=O) groups is 1. The molecule has 1 aromatic rings. The van der Waals surface area contributed by atoms with Crippen molar-refractivity contribution in [2.45, 2.75) is 31.2 Å². The monoisotopic (exact) mass is 261 g/mol. The Bertz CT molecular complexity index is 454. The minimum atomic E-state index is -0.688. The highest BCUT2D eigenvalue weighted by molar-refractivity contribution is 5.77. The highest BCUT2D eigenvalue weighted by Crippen LogP contribution is 2.21. The Labute approximate surface area is 113 Å². The van der Waals surface area contributed by atoms with E-state index in [1.807, 2.05) is 13.1 Å². The van der Waals surface area contributed by atoms with Gasteiger partial charge in [0.05, 0.1) is 12.3 Å². The van der Waals surface area contributed by atoms with Crippen molar-refractivity contribution < 1.29 is 9.21 Å².